The average molecular weight is 350 g/mol. The SMILES string of the molecule is CC(C)[C@@H](NC(=O)CCc1ccccc1)C(=O)N1CCc2ccccc21. The number of carbonyl (C=O) groups is 2. The number of benzene rings is 2. The Morgan fingerprint density at radius 1 is 1.04 bits per heavy atom. The highest BCUT2D eigenvalue weighted by Crippen LogP contribution is 2.28. The lowest BCUT2D eigenvalue weighted by molar-refractivity contribution is -0.128. The highest BCUT2D eigenvalue weighted by atomic mass is 16.2. The van der Waals surface area contributed by atoms with Crippen LogP contribution in [0.5, 0.6) is 0 Å². The zero-order chi connectivity index (χ0) is 18.5. The van der Waals surface area contributed by atoms with Crippen LogP contribution in [0.4, 0.5) is 5.69 Å². The van der Waals surface area contributed by atoms with Crippen LogP contribution in [0, 0.1) is 5.92 Å². The minimum atomic E-state index is -0.496. The van der Waals surface area contributed by atoms with Crippen LogP contribution < -0.4 is 10.2 Å². The molecule has 26 heavy (non-hydrogen) atoms. The second kappa shape index (κ2) is 8.17. The first-order chi connectivity index (χ1) is 12.6. The summed E-state index contributed by atoms with van der Waals surface area (Å²) in [5.74, 6) is -0.0534. The van der Waals surface area contributed by atoms with Crippen molar-refractivity contribution in [2.75, 3.05) is 11.4 Å². The third-order valence-electron chi connectivity index (χ3n) is 4.89. The molecule has 1 atom stereocenters. The number of para-hydroxylation sites is 1. The van der Waals surface area contributed by atoms with Crippen molar-refractivity contribution in [2.45, 2.75) is 39.2 Å². The Hall–Kier alpha value is -2.62. The fraction of sp³-hybridized carbons (Fsp3) is 0.364. The van der Waals surface area contributed by atoms with E-state index in [1.165, 1.54) is 5.56 Å². The van der Waals surface area contributed by atoms with Crippen molar-refractivity contribution >= 4 is 17.5 Å². The van der Waals surface area contributed by atoms with Gasteiger partial charge in [0.2, 0.25) is 11.8 Å². The van der Waals surface area contributed by atoms with Gasteiger partial charge in [0, 0.05) is 18.7 Å². The standard InChI is InChI=1S/C22H26N2O2/c1-16(2)21(23-20(25)13-12-17-8-4-3-5-9-17)22(26)24-15-14-18-10-6-7-11-19(18)24/h3-11,16,21H,12-15H2,1-2H3,(H,23,25)/t21-/m1/s1. The summed E-state index contributed by atoms with van der Waals surface area (Å²) in [7, 11) is 0. The van der Waals surface area contributed by atoms with E-state index in [2.05, 4.69) is 11.4 Å². The van der Waals surface area contributed by atoms with Gasteiger partial charge in [0.1, 0.15) is 6.04 Å². The van der Waals surface area contributed by atoms with Crippen molar-refractivity contribution in [3.05, 3.63) is 65.7 Å². The van der Waals surface area contributed by atoms with E-state index in [0.29, 0.717) is 19.4 Å². The van der Waals surface area contributed by atoms with Crippen LogP contribution >= 0.6 is 0 Å². The van der Waals surface area contributed by atoms with E-state index in [9.17, 15) is 9.59 Å². The number of hydrogen-bond acceptors (Lipinski definition) is 2. The maximum Gasteiger partial charge on any atom is 0.249 e. The number of rotatable bonds is 6. The molecule has 1 aliphatic heterocycles. The normalized spacial score (nSPS) is 14.2. The highest BCUT2D eigenvalue weighted by Gasteiger charge is 2.32. The predicted octanol–water partition coefficient (Wildman–Crippen LogP) is 3.35. The van der Waals surface area contributed by atoms with E-state index in [4.69, 9.17) is 0 Å². The van der Waals surface area contributed by atoms with Crippen molar-refractivity contribution in [2.24, 2.45) is 5.92 Å². The van der Waals surface area contributed by atoms with Crippen LogP contribution in [-0.4, -0.2) is 24.4 Å². The summed E-state index contributed by atoms with van der Waals surface area (Å²) in [5.41, 5.74) is 3.30. The van der Waals surface area contributed by atoms with Crippen LogP contribution in [0.15, 0.2) is 54.6 Å². The van der Waals surface area contributed by atoms with Gasteiger partial charge in [0.25, 0.3) is 0 Å². The van der Waals surface area contributed by atoms with Gasteiger partial charge in [-0.05, 0) is 36.0 Å². The van der Waals surface area contributed by atoms with Gasteiger partial charge < -0.3 is 10.2 Å². The summed E-state index contributed by atoms with van der Waals surface area (Å²) in [5, 5.41) is 2.96. The molecule has 4 heteroatoms. The molecule has 0 aromatic heterocycles. The lowest BCUT2D eigenvalue weighted by atomic mass is 10.0. The average Bonchev–Trinajstić information content (AvgIpc) is 3.08. The van der Waals surface area contributed by atoms with Gasteiger partial charge in [0.15, 0.2) is 0 Å². The molecule has 0 fully saturated rings. The predicted molar refractivity (Wildman–Crippen MR) is 104 cm³/mol. The monoisotopic (exact) mass is 350 g/mol. The maximum absolute atomic E-state index is 13.1. The van der Waals surface area contributed by atoms with Crippen LogP contribution in [0.25, 0.3) is 0 Å². The molecule has 136 valence electrons. The van der Waals surface area contributed by atoms with E-state index in [1.807, 2.05) is 67.3 Å². The highest BCUT2D eigenvalue weighted by molar-refractivity contribution is 6.00. The molecule has 2 amide bonds. The summed E-state index contributed by atoms with van der Waals surface area (Å²) < 4.78 is 0. The molecule has 0 saturated carbocycles. The summed E-state index contributed by atoms with van der Waals surface area (Å²) in [6.45, 7) is 4.63. The zero-order valence-electron chi connectivity index (χ0n) is 15.4. The van der Waals surface area contributed by atoms with E-state index >= 15 is 0 Å². The van der Waals surface area contributed by atoms with Crippen molar-refractivity contribution in [1.29, 1.82) is 0 Å². The molecule has 1 N–H and O–H groups in total. The zero-order valence-corrected chi connectivity index (χ0v) is 15.4. The van der Waals surface area contributed by atoms with E-state index in [1.54, 1.807) is 0 Å². The number of aryl methyl sites for hydroxylation is 1. The fourth-order valence-electron chi connectivity index (χ4n) is 3.40. The molecule has 4 nitrogen and oxygen atoms in total. The number of nitrogens with zero attached hydrogens (tertiary/aromatic N) is 1. The Morgan fingerprint density at radius 3 is 2.46 bits per heavy atom. The van der Waals surface area contributed by atoms with Crippen LogP contribution in [0.2, 0.25) is 0 Å². The molecule has 0 spiro atoms. The van der Waals surface area contributed by atoms with Crippen LogP contribution in [0.1, 0.15) is 31.4 Å². The Morgan fingerprint density at radius 2 is 1.73 bits per heavy atom. The lowest BCUT2D eigenvalue weighted by Gasteiger charge is -2.27. The van der Waals surface area contributed by atoms with Crippen molar-refractivity contribution in [3.8, 4) is 0 Å². The number of amides is 2. The minimum Gasteiger partial charge on any atom is -0.344 e. The minimum absolute atomic E-state index is 0.0157. The first kappa shape index (κ1) is 18.2. The van der Waals surface area contributed by atoms with Gasteiger partial charge in [-0.25, -0.2) is 0 Å². The summed E-state index contributed by atoms with van der Waals surface area (Å²) in [4.78, 5) is 27.3. The summed E-state index contributed by atoms with van der Waals surface area (Å²) in [6, 6.07) is 17.4. The first-order valence-corrected chi connectivity index (χ1v) is 9.29. The molecule has 0 unspecified atom stereocenters. The number of hydrogen-bond donors (Lipinski definition) is 1. The summed E-state index contributed by atoms with van der Waals surface area (Å²) >= 11 is 0. The molecule has 3 rings (SSSR count). The number of fused-ring (bicyclic) bond motifs is 1. The van der Waals surface area contributed by atoms with E-state index in [0.717, 1.165) is 17.7 Å². The molecule has 0 bridgehead atoms. The third-order valence-corrected chi connectivity index (χ3v) is 4.89. The first-order valence-electron chi connectivity index (χ1n) is 9.29. The largest absolute Gasteiger partial charge is 0.344 e. The molecule has 0 radical (unpaired) electrons. The summed E-state index contributed by atoms with van der Waals surface area (Å²) in [6.07, 6.45) is 1.93. The molecular weight excluding hydrogens is 324 g/mol. The van der Waals surface area contributed by atoms with Gasteiger partial charge in [-0.2, -0.15) is 0 Å². The molecule has 1 aliphatic rings. The van der Waals surface area contributed by atoms with Gasteiger partial charge in [-0.15, -0.1) is 0 Å². The van der Waals surface area contributed by atoms with E-state index < -0.39 is 6.04 Å². The molecular formula is C22H26N2O2. The fourth-order valence-corrected chi connectivity index (χ4v) is 3.40. The maximum atomic E-state index is 13.1. The lowest BCUT2D eigenvalue weighted by Crippen LogP contribution is -2.51. The second-order valence-electron chi connectivity index (χ2n) is 7.14. The third kappa shape index (κ3) is 4.13. The smallest absolute Gasteiger partial charge is 0.249 e. The van der Waals surface area contributed by atoms with Gasteiger partial charge >= 0.3 is 0 Å². The topological polar surface area (TPSA) is 49.4 Å². The van der Waals surface area contributed by atoms with Crippen LogP contribution in [0.3, 0.4) is 0 Å². The van der Waals surface area contributed by atoms with Gasteiger partial charge in [-0.1, -0.05) is 62.4 Å². The van der Waals surface area contributed by atoms with Gasteiger partial charge in [0.05, 0.1) is 0 Å². The Balaban J connectivity index is 1.64. The van der Waals surface area contributed by atoms with Crippen molar-refractivity contribution < 1.29 is 9.59 Å². The molecule has 1 heterocycles. The Bertz CT molecular complexity index is 771. The van der Waals surface area contributed by atoms with Crippen molar-refractivity contribution in [1.82, 2.24) is 5.32 Å². The van der Waals surface area contributed by atoms with Crippen LogP contribution in [-0.2, 0) is 22.4 Å². The Labute approximate surface area is 155 Å². The number of nitrogens with one attached hydrogen (secondary N) is 1. The number of anilines is 1. The second-order valence-corrected chi connectivity index (χ2v) is 7.14. The van der Waals surface area contributed by atoms with E-state index in [-0.39, 0.29) is 17.7 Å². The number of carbonyl (C=O) groups excluding carboxylic acids is 2. The molecule has 2 aromatic carbocycles. The molecule has 0 saturated heterocycles. The molecule has 2 aromatic rings. The Kier molecular flexibility index (Phi) is 5.71. The van der Waals surface area contributed by atoms with Crippen molar-refractivity contribution in [3.63, 3.8) is 0 Å². The van der Waals surface area contributed by atoms with Gasteiger partial charge in [-0.3, -0.25) is 9.59 Å². The molecule has 0 aliphatic carbocycles. The quantitative estimate of drug-likeness (QED) is 0.868.